The Balaban J connectivity index is 2.50. The van der Waals surface area contributed by atoms with Crippen molar-refractivity contribution in [2.24, 2.45) is 11.7 Å². The molecule has 0 saturated heterocycles. The second kappa shape index (κ2) is 6.89. The van der Waals surface area contributed by atoms with Gasteiger partial charge >= 0.3 is 0 Å². The molecule has 2 amide bonds. The van der Waals surface area contributed by atoms with Gasteiger partial charge in [-0.3, -0.25) is 9.59 Å². The van der Waals surface area contributed by atoms with Crippen molar-refractivity contribution < 1.29 is 9.59 Å². The normalized spacial score (nSPS) is 12.1. The number of nitrogens with one attached hydrogen (secondary N) is 2. The number of carbonyl (C=O) groups is 2. The molecule has 0 bridgehead atoms. The fourth-order valence-corrected chi connectivity index (χ4v) is 1.52. The first kappa shape index (κ1) is 15.2. The van der Waals surface area contributed by atoms with Gasteiger partial charge in [0.25, 0.3) is 0 Å². The monoisotopic (exact) mass is 263 g/mol. The zero-order valence-corrected chi connectivity index (χ0v) is 11.6. The maximum atomic E-state index is 11.7. The highest BCUT2D eigenvalue weighted by Crippen LogP contribution is 2.09. The summed E-state index contributed by atoms with van der Waals surface area (Å²) < 4.78 is 0. The number of nitrogens with two attached hydrogens (primary N) is 1. The van der Waals surface area contributed by atoms with Gasteiger partial charge in [-0.15, -0.1) is 0 Å². The van der Waals surface area contributed by atoms with E-state index in [2.05, 4.69) is 10.6 Å². The molecule has 5 heteroatoms. The highest BCUT2D eigenvalue weighted by atomic mass is 16.2. The van der Waals surface area contributed by atoms with Crippen LogP contribution in [0.4, 0.5) is 5.69 Å². The highest BCUT2D eigenvalue weighted by Gasteiger charge is 2.16. The van der Waals surface area contributed by atoms with E-state index >= 15 is 0 Å². The predicted molar refractivity (Wildman–Crippen MR) is 75.4 cm³/mol. The van der Waals surface area contributed by atoms with Gasteiger partial charge in [-0.05, 0) is 23.6 Å². The average molecular weight is 263 g/mol. The van der Waals surface area contributed by atoms with Crippen LogP contribution in [0.15, 0.2) is 24.3 Å². The van der Waals surface area contributed by atoms with Gasteiger partial charge in [-0.2, -0.15) is 0 Å². The van der Waals surface area contributed by atoms with Gasteiger partial charge in [-0.1, -0.05) is 26.0 Å². The van der Waals surface area contributed by atoms with Crippen LogP contribution in [0.1, 0.15) is 26.3 Å². The molecular weight excluding hydrogens is 242 g/mol. The molecular formula is C14H21N3O2. The lowest BCUT2D eigenvalue weighted by Crippen LogP contribution is -2.43. The van der Waals surface area contributed by atoms with Gasteiger partial charge in [0.2, 0.25) is 11.8 Å². The van der Waals surface area contributed by atoms with E-state index in [9.17, 15) is 9.59 Å². The molecule has 104 valence electrons. The van der Waals surface area contributed by atoms with Gasteiger partial charge in [0.15, 0.2) is 0 Å². The Morgan fingerprint density at radius 1 is 1.21 bits per heavy atom. The molecule has 1 aromatic carbocycles. The van der Waals surface area contributed by atoms with Crippen molar-refractivity contribution in [2.75, 3.05) is 5.32 Å². The Bertz CT molecular complexity index is 441. The summed E-state index contributed by atoms with van der Waals surface area (Å²) in [5, 5.41) is 5.47. The van der Waals surface area contributed by atoms with E-state index < -0.39 is 6.04 Å². The van der Waals surface area contributed by atoms with Crippen molar-refractivity contribution in [1.29, 1.82) is 0 Å². The quantitative estimate of drug-likeness (QED) is 0.747. The topological polar surface area (TPSA) is 84.2 Å². The summed E-state index contributed by atoms with van der Waals surface area (Å²) in [4.78, 5) is 22.5. The fourth-order valence-electron chi connectivity index (χ4n) is 1.52. The number of rotatable bonds is 5. The Labute approximate surface area is 113 Å². The highest BCUT2D eigenvalue weighted by molar-refractivity contribution is 5.88. The molecule has 0 radical (unpaired) electrons. The lowest BCUT2D eigenvalue weighted by atomic mass is 10.0. The summed E-state index contributed by atoms with van der Waals surface area (Å²) in [6.45, 7) is 5.71. The van der Waals surface area contributed by atoms with Gasteiger partial charge in [0.05, 0.1) is 6.04 Å². The summed E-state index contributed by atoms with van der Waals surface area (Å²) in [5.74, 6) is -0.146. The third-order valence-corrected chi connectivity index (χ3v) is 2.76. The van der Waals surface area contributed by atoms with Crippen molar-refractivity contribution in [3.63, 3.8) is 0 Å². The van der Waals surface area contributed by atoms with Gasteiger partial charge in [-0.25, -0.2) is 0 Å². The lowest BCUT2D eigenvalue weighted by Gasteiger charge is -2.15. The number of hydrogen-bond donors (Lipinski definition) is 3. The summed E-state index contributed by atoms with van der Waals surface area (Å²) >= 11 is 0. The van der Waals surface area contributed by atoms with Crippen molar-refractivity contribution in [3.8, 4) is 0 Å². The van der Waals surface area contributed by atoms with Crippen molar-refractivity contribution in [2.45, 2.75) is 33.4 Å². The van der Waals surface area contributed by atoms with Crippen molar-refractivity contribution in [3.05, 3.63) is 29.8 Å². The zero-order valence-electron chi connectivity index (χ0n) is 11.6. The maximum absolute atomic E-state index is 11.7. The van der Waals surface area contributed by atoms with Crippen molar-refractivity contribution >= 4 is 17.5 Å². The molecule has 0 fully saturated rings. The molecule has 0 unspecified atom stereocenters. The van der Waals surface area contributed by atoms with Crippen LogP contribution in [-0.4, -0.2) is 17.9 Å². The Morgan fingerprint density at radius 2 is 1.79 bits per heavy atom. The third kappa shape index (κ3) is 5.09. The van der Waals surface area contributed by atoms with Crippen LogP contribution in [0, 0.1) is 5.92 Å². The first-order valence-electron chi connectivity index (χ1n) is 6.30. The average Bonchev–Trinajstić information content (AvgIpc) is 2.35. The summed E-state index contributed by atoms with van der Waals surface area (Å²) in [5.41, 5.74) is 7.44. The second-order valence-electron chi connectivity index (χ2n) is 4.87. The Kier molecular flexibility index (Phi) is 5.51. The minimum absolute atomic E-state index is 0.107. The fraction of sp³-hybridized carbons (Fsp3) is 0.429. The van der Waals surface area contributed by atoms with Crippen LogP contribution in [0.2, 0.25) is 0 Å². The van der Waals surface area contributed by atoms with Crippen LogP contribution in [-0.2, 0) is 16.1 Å². The van der Waals surface area contributed by atoms with E-state index in [4.69, 9.17) is 5.73 Å². The summed E-state index contributed by atoms with van der Waals surface area (Å²) in [6, 6.07) is 6.81. The van der Waals surface area contributed by atoms with Crippen LogP contribution in [0.5, 0.6) is 0 Å². The predicted octanol–water partition coefficient (Wildman–Crippen LogP) is 1.24. The molecule has 5 nitrogen and oxygen atoms in total. The van der Waals surface area contributed by atoms with Crippen LogP contribution >= 0.6 is 0 Å². The van der Waals surface area contributed by atoms with Crippen LogP contribution in [0.3, 0.4) is 0 Å². The second-order valence-corrected chi connectivity index (χ2v) is 4.87. The molecule has 19 heavy (non-hydrogen) atoms. The van der Waals surface area contributed by atoms with Gasteiger partial charge in [0.1, 0.15) is 0 Å². The van der Waals surface area contributed by atoms with Crippen LogP contribution in [0.25, 0.3) is 0 Å². The third-order valence-electron chi connectivity index (χ3n) is 2.76. The van der Waals surface area contributed by atoms with Crippen LogP contribution < -0.4 is 16.4 Å². The summed E-state index contributed by atoms with van der Waals surface area (Å²) in [6.07, 6.45) is 0. The molecule has 0 spiro atoms. The molecule has 0 heterocycles. The molecule has 1 rings (SSSR count). The van der Waals surface area contributed by atoms with E-state index in [1.54, 1.807) is 12.1 Å². The van der Waals surface area contributed by atoms with E-state index in [1.807, 2.05) is 26.0 Å². The first-order valence-corrected chi connectivity index (χ1v) is 6.30. The van der Waals surface area contributed by atoms with E-state index in [1.165, 1.54) is 6.92 Å². The zero-order chi connectivity index (χ0) is 14.4. The van der Waals surface area contributed by atoms with Crippen molar-refractivity contribution in [1.82, 2.24) is 5.32 Å². The lowest BCUT2D eigenvalue weighted by molar-refractivity contribution is -0.123. The number of carbonyl (C=O) groups excluding carboxylic acids is 2. The number of amides is 2. The smallest absolute Gasteiger partial charge is 0.237 e. The molecule has 0 aliphatic heterocycles. The minimum Gasteiger partial charge on any atom is -0.351 e. The number of benzene rings is 1. The molecule has 1 aromatic rings. The first-order chi connectivity index (χ1) is 8.90. The van der Waals surface area contributed by atoms with E-state index in [-0.39, 0.29) is 17.7 Å². The number of hydrogen-bond acceptors (Lipinski definition) is 3. The standard InChI is InChI=1S/C14H21N3O2/c1-9(2)13(15)14(19)16-8-11-4-6-12(7-5-11)17-10(3)18/h4-7,9,13H,8,15H2,1-3H3,(H,16,19)(H,17,18)/t13-/m0/s1. The Hall–Kier alpha value is -1.88. The molecule has 0 saturated carbocycles. The molecule has 0 aromatic heterocycles. The molecule has 4 N–H and O–H groups in total. The van der Waals surface area contributed by atoms with Gasteiger partial charge in [0, 0.05) is 19.2 Å². The molecule has 0 aliphatic rings. The SMILES string of the molecule is CC(=O)Nc1ccc(CNC(=O)[C@@H](N)C(C)C)cc1. The molecule has 0 aliphatic carbocycles. The largest absolute Gasteiger partial charge is 0.351 e. The Morgan fingerprint density at radius 3 is 2.26 bits per heavy atom. The van der Waals surface area contributed by atoms with E-state index in [0.29, 0.717) is 6.54 Å². The number of anilines is 1. The minimum atomic E-state index is -0.487. The van der Waals surface area contributed by atoms with E-state index in [0.717, 1.165) is 11.3 Å². The summed E-state index contributed by atoms with van der Waals surface area (Å²) in [7, 11) is 0. The van der Waals surface area contributed by atoms with Gasteiger partial charge < -0.3 is 16.4 Å². The molecule has 1 atom stereocenters. The maximum Gasteiger partial charge on any atom is 0.237 e.